The maximum Gasteiger partial charge on any atom is 0.353 e. The van der Waals surface area contributed by atoms with Gasteiger partial charge in [0.25, 0.3) is 0 Å². The van der Waals surface area contributed by atoms with E-state index in [0.29, 0.717) is 13.1 Å². The van der Waals surface area contributed by atoms with Gasteiger partial charge in [-0.3, -0.25) is 10.1 Å². The Labute approximate surface area is 124 Å². The summed E-state index contributed by atoms with van der Waals surface area (Å²) in [5.41, 5.74) is 1.34. The van der Waals surface area contributed by atoms with Crippen molar-refractivity contribution < 1.29 is 4.92 Å². The van der Waals surface area contributed by atoms with Gasteiger partial charge in [-0.05, 0) is 39.0 Å². The number of aromatic nitrogens is 2. The van der Waals surface area contributed by atoms with E-state index in [4.69, 9.17) is 0 Å². The summed E-state index contributed by atoms with van der Waals surface area (Å²) < 4.78 is 0. The Morgan fingerprint density at radius 2 is 2.05 bits per heavy atom. The summed E-state index contributed by atoms with van der Waals surface area (Å²) in [7, 11) is 0. The van der Waals surface area contributed by atoms with E-state index in [1.165, 1.54) is 24.7 Å². The van der Waals surface area contributed by atoms with E-state index in [2.05, 4.69) is 26.7 Å². The topological polar surface area (TPSA) is 93.0 Å². The maximum absolute atomic E-state index is 11.2. The highest BCUT2D eigenvalue weighted by atomic mass is 16.6. The largest absolute Gasteiger partial charge is 0.364 e. The van der Waals surface area contributed by atoms with Crippen LogP contribution < -0.4 is 10.6 Å². The lowest BCUT2D eigenvalue weighted by molar-refractivity contribution is -0.383. The van der Waals surface area contributed by atoms with E-state index in [9.17, 15) is 10.1 Å². The summed E-state index contributed by atoms with van der Waals surface area (Å²) >= 11 is 0. The molecule has 2 rings (SSSR count). The predicted molar refractivity (Wildman–Crippen MR) is 82.5 cm³/mol. The molecule has 1 heterocycles. The highest BCUT2D eigenvalue weighted by Gasteiger charge is 2.22. The molecular weight excluding hydrogens is 270 g/mol. The molecule has 1 aromatic heterocycles. The average Bonchev–Trinajstić information content (AvgIpc) is 2.48. The van der Waals surface area contributed by atoms with E-state index in [1.54, 1.807) is 0 Å². The van der Waals surface area contributed by atoms with Crippen LogP contribution in [-0.2, 0) is 0 Å². The summed E-state index contributed by atoms with van der Waals surface area (Å²) in [5.74, 6) is 0.541. The predicted octanol–water partition coefficient (Wildman–Crippen LogP) is 3.12. The fourth-order valence-corrected chi connectivity index (χ4v) is 2.45. The zero-order chi connectivity index (χ0) is 15.1. The maximum atomic E-state index is 11.2. The molecule has 0 radical (unpaired) electrons. The summed E-state index contributed by atoms with van der Waals surface area (Å²) in [6.07, 6.45) is 9.31. The minimum absolute atomic E-state index is 0.0861. The van der Waals surface area contributed by atoms with E-state index < -0.39 is 4.92 Å². The number of nitrogens with zero attached hydrogens (tertiary/aromatic N) is 3. The first-order chi connectivity index (χ1) is 10.2. The first kappa shape index (κ1) is 15.2. The van der Waals surface area contributed by atoms with Crippen molar-refractivity contribution in [3.63, 3.8) is 0 Å². The molecule has 114 valence electrons. The van der Waals surface area contributed by atoms with Crippen LogP contribution in [0.4, 0.5) is 17.3 Å². The van der Waals surface area contributed by atoms with Crippen LogP contribution in [0.1, 0.15) is 39.0 Å². The Hall–Kier alpha value is -2.18. The van der Waals surface area contributed by atoms with Gasteiger partial charge in [-0.15, -0.1) is 0 Å². The molecule has 0 amide bonds. The molecule has 7 nitrogen and oxygen atoms in total. The Balaban J connectivity index is 2.03. The molecule has 7 heteroatoms. The number of nitrogens with one attached hydrogen (secondary N) is 2. The van der Waals surface area contributed by atoms with E-state index in [-0.39, 0.29) is 17.3 Å². The molecule has 1 aliphatic carbocycles. The van der Waals surface area contributed by atoms with Crippen LogP contribution in [0.2, 0.25) is 0 Å². The SMILES string of the molecule is CCNc1ncnc(NCCC2=CCCCC2)c1[N+](=O)[O-]. The van der Waals surface area contributed by atoms with E-state index in [1.807, 2.05) is 6.92 Å². The molecule has 1 aliphatic rings. The van der Waals surface area contributed by atoms with Crippen LogP contribution in [0.25, 0.3) is 0 Å². The van der Waals surface area contributed by atoms with Gasteiger partial charge in [0.1, 0.15) is 6.33 Å². The fourth-order valence-electron chi connectivity index (χ4n) is 2.45. The third kappa shape index (κ3) is 4.14. The first-order valence-electron chi connectivity index (χ1n) is 7.37. The smallest absolute Gasteiger partial charge is 0.353 e. The van der Waals surface area contributed by atoms with Crippen LogP contribution in [0, 0.1) is 10.1 Å². The van der Waals surface area contributed by atoms with Gasteiger partial charge >= 0.3 is 5.69 Å². The molecule has 21 heavy (non-hydrogen) atoms. The molecule has 0 saturated carbocycles. The van der Waals surface area contributed by atoms with Crippen molar-refractivity contribution in [3.8, 4) is 0 Å². The van der Waals surface area contributed by atoms with Gasteiger partial charge in [0, 0.05) is 13.1 Å². The Bertz CT molecular complexity index is 530. The number of rotatable bonds is 7. The van der Waals surface area contributed by atoms with E-state index in [0.717, 1.165) is 19.3 Å². The van der Waals surface area contributed by atoms with Crippen molar-refractivity contribution in [2.75, 3.05) is 23.7 Å². The first-order valence-corrected chi connectivity index (χ1v) is 7.37. The van der Waals surface area contributed by atoms with Gasteiger partial charge in [0.05, 0.1) is 4.92 Å². The number of hydrogen-bond donors (Lipinski definition) is 2. The third-order valence-electron chi connectivity index (χ3n) is 3.47. The Morgan fingerprint density at radius 1 is 1.29 bits per heavy atom. The van der Waals surface area contributed by atoms with Crippen molar-refractivity contribution in [3.05, 3.63) is 28.1 Å². The minimum Gasteiger partial charge on any atom is -0.364 e. The van der Waals surface area contributed by atoms with Gasteiger partial charge in [-0.2, -0.15) is 0 Å². The van der Waals surface area contributed by atoms with E-state index >= 15 is 0 Å². The van der Waals surface area contributed by atoms with Gasteiger partial charge < -0.3 is 10.6 Å². The lowest BCUT2D eigenvalue weighted by atomic mass is 9.97. The second-order valence-corrected chi connectivity index (χ2v) is 4.99. The van der Waals surface area contributed by atoms with Crippen molar-refractivity contribution in [2.45, 2.75) is 39.0 Å². The molecule has 1 aromatic rings. The van der Waals surface area contributed by atoms with Crippen molar-refractivity contribution in [1.29, 1.82) is 0 Å². The Kier molecular flexibility index (Phi) is 5.48. The second-order valence-electron chi connectivity index (χ2n) is 4.99. The van der Waals surface area contributed by atoms with Crippen LogP contribution in [0.5, 0.6) is 0 Å². The van der Waals surface area contributed by atoms with Crippen molar-refractivity contribution >= 4 is 17.3 Å². The third-order valence-corrected chi connectivity index (χ3v) is 3.47. The number of hydrogen-bond acceptors (Lipinski definition) is 6. The van der Waals surface area contributed by atoms with Crippen LogP contribution >= 0.6 is 0 Å². The molecule has 0 aromatic carbocycles. The highest BCUT2D eigenvalue weighted by molar-refractivity contribution is 5.69. The molecule has 0 unspecified atom stereocenters. The quantitative estimate of drug-likeness (QED) is 0.455. The summed E-state index contributed by atoms with van der Waals surface area (Å²) in [5, 5.41) is 17.2. The number of allylic oxidation sites excluding steroid dienone is 1. The van der Waals surface area contributed by atoms with Crippen LogP contribution in [-0.4, -0.2) is 28.0 Å². The lowest BCUT2D eigenvalue weighted by Gasteiger charge is -2.13. The molecule has 0 aliphatic heterocycles. The van der Waals surface area contributed by atoms with Gasteiger partial charge in [0.15, 0.2) is 0 Å². The average molecular weight is 291 g/mol. The second kappa shape index (κ2) is 7.56. The normalized spacial score (nSPS) is 14.4. The lowest BCUT2D eigenvalue weighted by Crippen LogP contribution is -2.11. The molecule has 0 bridgehead atoms. The Morgan fingerprint density at radius 3 is 2.67 bits per heavy atom. The van der Waals surface area contributed by atoms with Crippen LogP contribution in [0.3, 0.4) is 0 Å². The summed E-state index contributed by atoms with van der Waals surface area (Å²) in [6.45, 7) is 3.09. The van der Waals surface area contributed by atoms with Gasteiger partial charge in [0.2, 0.25) is 11.6 Å². The van der Waals surface area contributed by atoms with Crippen molar-refractivity contribution in [2.24, 2.45) is 0 Å². The zero-order valence-electron chi connectivity index (χ0n) is 12.3. The molecular formula is C14H21N5O2. The highest BCUT2D eigenvalue weighted by Crippen LogP contribution is 2.29. The standard InChI is InChI=1S/C14H21N5O2/c1-2-15-13-12(19(20)21)14(18-10-17-13)16-9-8-11-6-4-3-5-7-11/h6,10H,2-5,7-9H2,1H3,(H2,15,16,17,18). The van der Waals surface area contributed by atoms with Gasteiger partial charge in [-0.1, -0.05) is 11.6 Å². The molecule has 0 spiro atoms. The molecule has 0 fully saturated rings. The fraction of sp³-hybridized carbons (Fsp3) is 0.571. The minimum atomic E-state index is -0.444. The molecule has 0 atom stereocenters. The van der Waals surface area contributed by atoms with Crippen molar-refractivity contribution in [1.82, 2.24) is 9.97 Å². The molecule has 2 N–H and O–H groups in total. The molecule has 0 saturated heterocycles. The number of nitro groups is 1. The van der Waals surface area contributed by atoms with Crippen LogP contribution in [0.15, 0.2) is 18.0 Å². The van der Waals surface area contributed by atoms with Gasteiger partial charge in [-0.25, -0.2) is 9.97 Å². The summed E-state index contributed by atoms with van der Waals surface area (Å²) in [4.78, 5) is 18.7. The number of anilines is 2. The monoisotopic (exact) mass is 291 g/mol. The zero-order valence-corrected chi connectivity index (χ0v) is 12.3. The summed E-state index contributed by atoms with van der Waals surface area (Å²) in [6, 6.07) is 0.